The van der Waals surface area contributed by atoms with E-state index in [9.17, 15) is 4.79 Å². The molecule has 0 saturated carbocycles. The number of nitrogens with zero attached hydrogens (tertiary/aromatic N) is 5. The number of pyridine rings is 1. The maximum absolute atomic E-state index is 13.2. The monoisotopic (exact) mass is 489 g/mol. The second-order valence-electron chi connectivity index (χ2n) is 7.81. The van der Waals surface area contributed by atoms with E-state index in [4.69, 9.17) is 23.2 Å². The molecule has 0 saturated heterocycles. The summed E-state index contributed by atoms with van der Waals surface area (Å²) in [5.41, 5.74) is 4.53. The van der Waals surface area contributed by atoms with Crippen molar-refractivity contribution in [3.63, 3.8) is 0 Å². The normalized spacial score (nSPS) is 13.1. The highest BCUT2D eigenvalue weighted by molar-refractivity contribution is 6.40. The summed E-state index contributed by atoms with van der Waals surface area (Å²) in [7, 11) is 1.84. The first-order valence-electron chi connectivity index (χ1n) is 10.4. The lowest BCUT2D eigenvalue weighted by Gasteiger charge is -2.35. The predicted molar refractivity (Wildman–Crippen MR) is 136 cm³/mol. The summed E-state index contributed by atoms with van der Waals surface area (Å²) < 4.78 is 0. The van der Waals surface area contributed by atoms with Crippen LogP contribution in [-0.4, -0.2) is 34.6 Å². The molecule has 4 aromatic rings. The van der Waals surface area contributed by atoms with E-state index in [1.165, 1.54) is 11.1 Å². The molecule has 0 fully saturated rings. The van der Waals surface area contributed by atoms with E-state index >= 15 is 0 Å². The number of hydrogen-bond donors (Lipinski definition) is 1. The Labute approximate surface area is 207 Å². The zero-order valence-corrected chi connectivity index (χ0v) is 19.7. The van der Waals surface area contributed by atoms with Crippen LogP contribution in [0.1, 0.15) is 15.9 Å². The Balaban J connectivity index is 1.42. The molecule has 5 rings (SSSR count). The SMILES string of the molecule is [CH2]c1cc(Nc2ncc3c(n2)N(C)CN(c2c(Cl)cccc2Cl)C3=O)ccc1-c1ccncc1. The lowest BCUT2D eigenvalue weighted by Crippen LogP contribution is -2.46. The summed E-state index contributed by atoms with van der Waals surface area (Å²) in [5.74, 6) is 0.625. The summed E-state index contributed by atoms with van der Waals surface area (Å²) in [6.45, 7) is 4.41. The van der Waals surface area contributed by atoms with Crippen LogP contribution < -0.4 is 15.1 Å². The molecule has 2 aromatic carbocycles. The number of aromatic nitrogens is 3. The molecule has 1 N–H and O–H groups in total. The van der Waals surface area contributed by atoms with E-state index in [0.29, 0.717) is 33.1 Å². The van der Waals surface area contributed by atoms with E-state index < -0.39 is 0 Å². The Kier molecular flexibility index (Phi) is 5.81. The van der Waals surface area contributed by atoms with Gasteiger partial charge < -0.3 is 10.2 Å². The minimum Gasteiger partial charge on any atom is -0.341 e. The van der Waals surface area contributed by atoms with E-state index in [2.05, 4.69) is 27.2 Å². The smallest absolute Gasteiger partial charge is 0.265 e. The predicted octanol–water partition coefficient (Wildman–Crippen LogP) is 5.83. The number of carbonyl (C=O) groups is 1. The zero-order valence-electron chi connectivity index (χ0n) is 18.2. The first kappa shape index (κ1) is 22.1. The minimum atomic E-state index is -0.267. The molecule has 2 aromatic heterocycles. The molecule has 1 radical (unpaired) electrons. The van der Waals surface area contributed by atoms with Crippen LogP contribution >= 0.6 is 23.2 Å². The van der Waals surface area contributed by atoms with Gasteiger partial charge in [-0.1, -0.05) is 35.3 Å². The van der Waals surface area contributed by atoms with Crippen LogP contribution in [0.2, 0.25) is 10.0 Å². The van der Waals surface area contributed by atoms with Gasteiger partial charge in [-0.2, -0.15) is 4.98 Å². The molecular weight excluding hydrogens is 471 g/mol. The largest absolute Gasteiger partial charge is 0.341 e. The number of benzene rings is 2. The van der Waals surface area contributed by atoms with Crippen molar-refractivity contribution in [2.24, 2.45) is 0 Å². The number of halogens is 2. The van der Waals surface area contributed by atoms with Crippen molar-refractivity contribution in [3.05, 3.63) is 95.2 Å². The third-order valence-electron chi connectivity index (χ3n) is 5.52. The van der Waals surface area contributed by atoms with Gasteiger partial charge in [0.15, 0.2) is 0 Å². The molecule has 0 aliphatic carbocycles. The average molecular weight is 490 g/mol. The van der Waals surface area contributed by atoms with Gasteiger partial charge in [-0.25, -0.2) is 4.98 Å². The maximum atomic E-state index is 13.2. The Bertz CT molecular complexity index is 1380. The fraction of sp³-hybridized carbons (Fsp3) is 0.0800. The van der Waals surface area contributed by atoms with E-state index in [-0.39, 0.29) is 12.6 Å². The number of anilines is 4. The van der Waals surface area contributed by atoms with Gasteiger partial charge in [0.05, 0.1) is 22.4 Å². The van der Waals surface area contributed by atoms with Crippen molar-refractivity contribution >= 4 is 52.3 Å². The average Bonchev–Trinajstić information content (AvgIpc) is 2.83. The highest BCUT2D eigenvalue weighted by Gasteiger charge is 2.32. The lowest BCUT2D eigenvalue weighted by molar-refractivity contribution is 0.0982. The van der Waals surface area contributed by atoms with Gasteiger partial charge in [0.2, 0.25) is 5.95 Å². The van der Waals surface area contributed by atoms with Gasteiger partial charge in [-0.3, -0.25) is 14.7 Å². The molecule has 1 aliphatic rings. The van der Waals surface area contributed by atoms with Crippen LogP contribution in [0.4, 0.5) is 23.1 Å². The van der Waals surface area contributed by atoms with Gasteiger partial charge in [-0.05, 0) is 60.0 Å². The fourth-order valence-corrected chi connectivity index (χ4v) is 4.50. The summed E-state index contributed by atoms with van der Waals surface area (Å²) in [6, 6.07) is 14.9. The number of amides is 1. The first-order valence-corrected chi connectivity index (χ1v) is 11.2. The van der Waals surface area contributed by atoms with Crippen molar-refractivity contribution in [2.75, 3.05) is 28.8 Å². The molecule has 169 valence electrons. The molecule has 1 amide bonds. The van der Waals surface area contributed by atoms with Crippen LogP contribution in [0, 0.1) is 6.92 Å². The van der Waals surface area contributed by atoms with Crippen molar-refractivity contribution in [2.45, 2.75) is 0 Å². The third-order valence-corrected chi connectivity index (χ3v) is 6.13. The molecule has 3 heterocycles. The molecule has 0 bridgehead atoms. The van der Waals surface area contributed by atoms with Crippen LogP contribution in [0.5, 0.6) is 0 Å². The zero-order chi connectivity index (χ0) is 23.8. The second-order valence-corrected chi connectivity index (χ2v) is 8.62. The van der Waals surface area contributed by atoms with E-state index in [1.54, 1.807) is 30.6 Å². The Morgan fingerprint density at radius 2 is 1.76 bits per heavy atom. The molecule has 0 unspecified atom stereocenters. The topological polar surface area (TPSA) is 74.2 Å². The number of para-hydroxylation sites is 1. The number of nitrogens with one attached hydrogen (secondary N) is 1. The van der Waals surface area contributed by atoms with E-state index in [0.717, 1.165) is 22.4 Å². The summed E-state index contributed by atoms with van der Waals surface area (Å²) in [6.07, 6.45) is 5.01. The number of hydrogen-bond acceptors (Lipinski definition) is 6. The summed E-state index contributed by atoms with van der Waals surface area (Å²) in [5, 5.41) is 4.00. The Morgan fingerprint density at radius 1 is 1.03 bits per heavy atom. The van der Waals surface area contributed by atoms with Crippen LogP contribution in [0.3, 0.4) is 0 Å². The molecule has 9 heteroatoms. The molecule has 0 atom stereocenters. The maximum Gasteiger partial charge on any atom is 0.265 e. The van der Waals surface area contributed by atoms with Gasteiger partial charge in [-0.15, -0.1) is 0 Å². The van der Waals surface area contributed by atoms with Crippen LogP contribution in [0.25, 0.3) is 11.1 Å². The summed E-state index contributed by atoms with van der Waals surface area (Å²) in [4.78, 5) is 29.6. The lowest BCUT2D eigenvalue weighted by atomic mass is 10.0. The third kappa shape index (κ3) is 4.04. The number of fused-ring (bicyclic) bond motifs is 1. The first-order chi connectivity index (χ1) is 16.4. The van der Waals surface area contributed by atoms with E-state index in [1.807, 2.05) is 42.3 Å². The number of rotatable bonds is 4. The molecular formula is C25H19Cl2N6O. The quantitative estimate of drug-likeness (QED) is 0.388. The van der Waals surface area contributed by atoms with Gasteiger partial charge in [0, 0.05) is 31.3 Å². The van der Waals surface area contributed by atoms with Crippen LogP contribution in [-0.2, 0) is 0 Å². The van der Waals surface area contributed by atoms with Crippen LogP contribution in [0.15, 0.2) is 67.1 Å². The van der Waals surface area contributed by atoms with Crippen molar-refractivity contribution < 1.29 is 4.79 Å². The highest BCUT2D eigenvalue weighted by Crippen LogP contribution is 2.37. The molecule has 1 aliphatic heterocycles. The van der Waals surface area contributed by atoms with Crippen molar-refractivity contribution in [3.8, 4) is 11.1 Å². The van der Waals surface area contributed by atoms with Crippen molar-refractivity contribution in [1.82, 2.24) is 15.0 Å². The number of carbonyl (C=O) groups excluding carboxylic acids is 1. The highest BCUT2D eigenvalue weighted by atomic mass is 35.5. The summed E-state index contributed by atoms with van der Waals surface area (Å²) >= 11 is 12.7. The minimum absolute atomic E-state index is 0.245. The second kappa shape index (κ2) is 8.93. The molecule has 34 heavy (non-hydrogen) atoms. The van der Waals surface area contributed by atoms with Gasteiger partial charge in [0.25, 0.3) is 5.91 Å². The van der Waals surface area contributed by atoms with Crippen molar-refractivity contribution in [1.29, 1.82) is 0 Å². The standard InChI is InChI=1S/C25H19Cl2N6O/c1-15-12-17(6-7-18(15)16-8-10-28-11-9-16)30-25-29-13-19-23(31-25)32(2)14-33(24(19)34)22-20(26)4-3-5-21(22)27/h3-13H,1,14H2,2H3,(H,29,30,31). The fourth-order valence-electron chi connectivity index (χ4n) is 3.90. The Hall–Kier alpha value is -3.68. The van der Waals surface area contributed by atoms with Gasteiger partial charge >= 0.3 is 0 Å². The molecule has 7 nitrogen and oxygen atoms in total. The Morgan fingerprint density at radius 3 is 2.47 bits per heavy atom. The van der Waals surface area contributed by atoms with Gasteiger partial charge in [0.1, 0.15) is 11.4 Å². The molecule has 0 spiro atoms.